The Hall–Kier alpha value is -3.32. The number of rotatable bonds is 5. The normalized spacial score (nSPS) is 21.1. The molecule has 1 amide bonds. The van der Waals surface area contributed by atoms with Gasteiger partial charge in [-0.2, -0.15) is 0 Å². The van der Waals surface area contributed by atoms with E-state index in [-0.39, 0.29) is 27.1 Å². The van der Waals surface area contributed by atoms with Crippen LogP contribution in [0.4, 0.5) is 0 Å². The first-order chi connectivity index (χ1) is 18.9. The van der Waals surface area contributed by atoms with Crippen molar-refractivity contribution in [3.63, 3.8) is 0 Å². The van der Waals surface area contributed by atoms with Crippen molar-refractivity contribution in [2.24, 2.45) is 0 Å². The van der Waals surface area contributed by atoms with Crippen LogP contribution < -0.4 is 37.0 Å². The fourth-order valence-corrected chi connectivity index (χ4v) is 7.04. The molecule has 198 valence electrons. The second-order valence-electron chi connectivity index (χ2n) is 10.6. The van der Waals surface area contributed by atoms with Gasteiger partial charge < -0.3 is 0 Å². The van der Waals surface area contributed by atoms with Crippen molar-refractivity contribution in [2.75, 3.05) is 13.2 Å². The van der Waals surface area contributed by atoms with E-state index in [0.29, 0.717) is 31.7 Å². The molecule has 0 spiro atoms. The summed E-state index contributed by atoms with van der Waals surface area (Å²) in [4.78, 5) is 17.9. The van der Waals surface area contributed by atoms with Crippen LogP contribution in [0.15, 0.2) is 64.3 Å². The molecule has 2 aromatic carbocycles. The van der Waals surface area contributed by atoms with Crippen LogP contribution in [0.2, 0.25) is 0 Å². The molecule has 39 heavy (non-hydrogen) atoms. The van der Waals surface area contributed by atoms with E-state index in [2.05, 4.69) is 43.8 Å². The van der Waals surface area contributed by atoms with Crippen LogP contribution in [-0.4, -0.2) is 29.1 Å². The molecular formula is C32H29IN3O3-. The van der Waals surface area contributed by atoms with Crippen LogP contribution in [0.5, 0.6) is 0 Å². The number of nitrogens with one attached hydrogen (secondary N) is 1. The standard InChI is InChI=1S/C32H29IN3O3/c1-31(20-34)11-12-39-19-25-8-6-23(15-27(25)31)30(37)35-18-21-13-26-14-22(5-7-24(26)17-33-16-21)28-3-2-4-29(36-28)32(38)9-10-32/h2-8,13-17,38H,9-12,18-19H2,1H3,(H,35,37)/q-1/t31-/m0/s1. The molecule has 1 fully saturated rings. The predicted molar refractivity (Wildman–Crippen MR) is 145 cm³/mol. The van der Waals surface area contributed by atoms with E-state index < -0.39 is 11.0 Å². The third-order valence-electron chi connectivity index (χ3n) is 7.73. The molecule has 1 aliphatic carbocycles. The monoisotopic (exact) mass is 630 g/mol. The topological polar surface area (TPSA) is 95.2 Å². The number of nitrogens with zero attached hydrogens (tertiary/aromatic N) is 2. The van der Waals surface area contributed by atoms with Gasteiger partial charge in [-0.15, -0.1) is 0 Å². The van der Waals surface area contributed by atoms with Gasteiger partial charge in [0.2, 0.25) is 0 Å². The molecule has 0 saturated heterocycles. The number of carbonyl (C=O) groups is 1. The number of amides is 1. The molecule has 2 N–H and O–H groups in total. The Bertz CT molecular complexity index is 1670. The van der Waals surface area contributed by atoms with Crippen LogP contribution >= 0.6 is 0 Å². The van der Waals surface area contributed by atoms with E-state index in [0.717, 1.165) is 51.7 Å². The van der Waals surface area contributed by atoms with Gasteiger partial charge >= 0.3 is 239 Å². The van der Waals surface area contributed by atoms with Crippen molar-refractivity contribution in [1.82, 2.24) is 10.3 Å². The van der Waals surface area contributed by atoms with Gasteiger partial charge in [0.25, 0.3) is 0 Å². The number of benzene rings is 2. The van der Waals surface area contributed by atoms with E-state index in [1.165, 1.54) is 5.22 Å². The first kappa shape index (κ1) is 25.9. The van der Waals surface area contributed by atoms with Crippen LogP contribution in [0.1, 0.15) is 53.4 Å². The summed E-state index contributed by atoms with van der Waals surface area (Å²) in [7, 11) is 0. The zero-order chi connectivity index (χ0) is 27.0. The van der Waals surface area contributed by atoms with Crippen LogP contribution in [0.3, 0.4) is 0 Å². The maximum atomic E-state index is 13.2. The number of aliphatic hydroxyl groups is 1. The SMILES string of the molecule is C[C@@]1(C#N)CCOCc2ccc(C(=O)NCC3=C[I-]C=c4ccc(-c5cccc(C6(O)CC6)n5)cc4=C3)cc21. The number of aromatic nitrogens is 1. The van der Waals surface area contributed by atoms with E-state index in [4.69, 9.17) is 9.72 Å². The molecule has 0 bridgehead atoms. The number of hydrogen-bond acceptors (Lipinski definition) is 5. The predicted octanol–water partition coefficient (Wildman–Crippen LogP) is 0.367. The number of pyridine rings is 1. The van der Waals surface area contributed by atoms with E-state index in [1.807, 2.05) is 43.3 Å². The Morgan fingerprint density at radius 2 is 2.00 bits per heavy atom. The third-order valence-corrected chi connectivity index (χ3v) is 9.92. The van der Waals surface area contributed by atoms with Gasteiger partial charge in [-0.1, -0.05) is 0 Å². The minimum atomic E-state index is -0.765. The number of carbonyl (C=O) groups excluding carboxylic acids is 1. The maximum absolute atomic E-state index is 13.2. The van der Waals surface area contributed by atoms with Gasteiger partial charge in [0.05, 0.1) is 0 Å². The summed E-state index contributed by atoms with van der Waals surface area (Å²) in [5.74, 6) is -0.156. The molecule has 6 nitrogen and oxygen atoms in total. The average Bonchev–Trinajstić information content (AvgIpc) is 3.77. The summed E-state index contributed by atoms with van der Waals surface area (Å²) < 4.78 is 10.2. The Kier molecular flexibility index (Phi) is 6.88. The Morgan fingerprint density at radius 1 is 1.13 bits per heavy atom. The first-order valence-corrected chi connectivity index (χ1v) is 15.6. The zero-order valence-electron chi connectivity index (χ0n) is 21.7. The van der Waals surface area contributed by atoms with Gasteiger partial charge in [0, 0.05) is 0 Å². The summed E-state index contributed by atoms with van der Waals surface area (Å²) in [6.45, 7) is 3.32. The molecule has 3 aliphatic rings. The second-order valence-corrected chi connectivity index (χ2v) is 12.6. The van der Waals surface area contributed by atoms with Crippen molar-refractivity contribution >= 4 is 16.1 Å². The van der Waals surface area contributed by atoms with Crippen LogP contribution in [-0.2, 0) is 22.4 Å². The van der Waals surface area contributed by atoms with E-state index in [1.54, 1.807) is 0 Å². The first-order valence-electron chi connectivity index (χ1n) is 13.1. The quantitative estimate of drug-likeness (QED) is 0.398. The molecule has 0 radical (unpaired) electrons. The number of halogens is 1. The van der Waals surface area contributed by atoms with Crippen LogP contribution in [0, 0.1) is 11.3 Å². The van der Waals surface area contributed by atoms with Gasteiger partial charge in [-0.05, 0) is 0 Å². The molecule has 3 aromatic rings. The van der Waals surface area contributed by atoms with E-state index >= 15 is 0 Å². The van der Waals surface area contributed by atoms with Crippen molar-refractivity contribution in [2.45, 2.75) is 43.8 Å². The molecule has 1 atom stereocenters. The molecule has 2 aliphatic heterocycles. The summed E-state index contributed by atoms with van der Waals surface area (Å²) in [5.41, 5.74) is 4.61. The average molecular weight is 631 g/mol. The molecular weight excluding hydrogens is 601 g/mol. The summed E-state index contributed by atoms with van der Waals surface area (Å²) >= 11 is -0.301. The van der Waals surface area contributed by atoms with Crippen molar-refractivity contribution in [1.29, 1.82) is 5.26 Å². The third kappa shape index (κ3) is 5.29. The fraction of sp³-hybridized carbons (Fsp3) is 0.281. The summed E-state index contributed by atoms with van der Waals surface area (Å²) in [6, 6.07) is 20.2. The number of fused-ring (bicyclic) bond motifs is 2. The molecule has 3 heterocycles. The van der Waals surface area contributed by atoms with Crippen molar-refractivity contribution < 1.29 is 35.8 Å². The Labute approximate surface area is 238 Å². The van der Waals surface area contributed by atoms with Crippen molar-refractivity contribution in [3.8, 4) is 17.3 Å². The fourth-order valence-electron chi connectivity index (χ4n) is 5.04. The van der Waals surface area contributed by atoms with Crippen molar-refractivity contribution in [3.05, 3.63) is 97.1 Å². The number of hydrogen-bond donors (Lipinski definition) is 2. The molecule has 6 rings (SSSR count). The van der Waals surface area contributed by atoms with Crippen LogP contribution in [0.25, 0.3) is 21.4 Å². The van der Waals surface area contributed by atoms with Gasteiger partial charge in [-0.3, -0.25) is 0 Å². The Balaban J connectivity index is 1.22. The minimum absolute atomic E-state index is 0.156. The number of ether oxygens (including phenoxy) is 1. The van der Waals surface area contributed by atoms with Gasteiger partial charge in [0.1, 0.15) is 0 Å². The summed E-state index contributed by atoms with van der Waals surface area (Å²) in [5, 5.41) is 25.7. The number of nitriles is 1. The Morgan fingerprint density at radius 3 is 2.82 bits per heavy atom. The molecule has 0 unspecified atom stereocenters. The second kappa shape index (κ2) is 10.3. The molecule has 7 heteroatoms. The van der Waals surface area contributed by atoms with E-state index in [9.17, 15) is 15.2 Å². The van der Waals surface area contributed by atoms with Gasteiger partial charge in [-0.25, -0.2) is 0 Å². The molecule has 1 aromatic heterocycles. The van der Waals surface area contributed by atoms with Gasteiger partial charge in [0.15, 0.2) is 0 Å². The summed E-state index contributed by atoms with van der Waals surface area (Å²) in [6.07, 6.45) is 4.27. The zero-order valence-corrected chi connectivity index (χ0v) is 23.9. The molecule has 1 saturated carbocycles.